The Morgan fingerprint density at radius 3 is 1.88 bits per heavy atom. The molecule has 2 bridgehead atoms. The molecule has 32 heavy (non-hydrogen) atoms. The van der Waals surface area contributed by atoms with Gasteiger partial charge in [0.15, 0.2) is 0 Å². The lowest BCUT2D eigenvalue weighted by Crippen LogP contribution is -2.61. The Morgan fingerprint density at radius 1 is 0.812 bits per heavy atom. The zero-order chi connectivity index (χ0) is 22.4. The second kappa shape index (κ2) is 6.31. The van der Waals surface area contributed by atoms with Crippen molar-refractivity contribution in [2.75, 3.05) is 4.90 Å². The van der Waals surface area contributed by atoms with Gasteiger partial charge in [-0.15, -0.1) is 0 Å². The van der Waals surface area contributed by atoms with Crippen LogP contribution in [0.15, 0.2) is 66.7 Å². The second-order valence-electron chi connectivity index (χ2n) is 8.84. The SMILES string of the molecule is CC12c3ccccc3C(C=O)(c3ccccc31)[C@H]1C(=O)N(c3ccc(Cl)cc3Cl)C(=O)[C@@H]12. The summed E-state index contributed by atoms with van der Waals surface area (Å²) < 4.78 is 0. The molecule has 0 spiro atoms. The Morgan fingerprint density at radius 2 is 1.34 bits per heavy atom. The van der Waals surface area contributed by atoms with Crippen LogP contribution in [0.4, 0.5) is 5.69 Å². The van der Waals surface area contributed by atoms with Crippen LogP contribution < -0.4 is 4.90 Å². The normalized spacial score (nSPS) is 29.5. The molecule has 7 rings (SSSR count). The van der Waals surface area contributed by atoms with E-state index in [0.29, 0.717) is 5.02 Å². The van der Waals surface area contributed by atoms with Gasteiger partial charge in [0.05, 0.1) is 28.0 Å². The van der Waals surface area contributed by atoms with Crippen molar-refractivity contribution in [1.82, 2.24) is 0 Å². The molecule has 1 fully saturated rings. The molecule has 6 heteroatoms. The number of carbonyl (C=O) groups excluding carboxylic acids is 3. The highest BCUT2D eigenvalue weighted by molar-refractivity contribution is 6.38. The van der Waals surface area contributed by atoms with Gasteiger partial charge in [0, 0.05) is 10.4 Å². The standard InChI is InChI=1S/C26H17Cl2NO3/c1-25-15-6-2-4-8-17(15)26(13-30,18-9-5-3-7-16(18)25)22-21(25)23(31)29(24(22)32)20-11-10-14(27)12-19(20)28/h2-13,21-22H,1H3/t21-,22-,25?,26?/m1/s1. The van der Waals surface area contributed by atoms with E-state index in [1.165, 1.54) is 6.07 Å². The summed E-state index contributed by atoms with van der Waals surface area (Å²) >= 11 is 12.5. The summed E-state index contributed by atoms with van der Waals surface area (Å²) in [7, 11) is 0. The van der Waals surface area contributed by atoms with Gasteiger partial charge in [0.1, 0.15) is 6.29 Å². The van der Waals surface area contributed by atoms with E-state index in [0.717, 1.165) is 33.4 Å². The highest BCUT2D eigenvalue weighted by atomic mass is 35.5. The van der Waals surface area contributed by atoms with Gasteiger partial charge >= 0.3 is 0 Å². The zero-order valence-corrected chi connectivity index (χ0v) is 18.5. The number of hydrogen-bond donors (Lipinski definition) is 0. The summed E-state index contributed by atoms with van der Waals surface area (Å²) in [6.07, 6.45) is 0.860. The van der Waals surface area contributed by atoms with E-state index in [1.807, 2.05) is 55.5 Å². The maximum Gasteiger partial charge on any atom is 0.239 e. The Kier molecular flexibility index (Phi) is 3.88. The second-order valence-corrected chi connectivity index (χ2v) is 9.69. The summed E-state index contributed by atoms with van der Waals surface area (Å²) in [5, 5.41) is 0.622. The molecule has 0 radical (unpaired) electrons. The zero-order valence-electron chi connectivity index (χ0n) is 17.0. The number of benzene rings is 3. The van der Waals surface area contributed by atoms with E-state index in [9.17, 15) is 14.4 Å². The van der Waals surface area contributed by atoms with Crippen LogP contribution in [0, 0.1) is 11.8 Å². The molecule has 3 aromatic carbocycles. The number of nitrogens with zero attached hydrogens (tertiary/aromatic N) is 1. The van der Waals surface area contributed by atoms with Crippen molar-refractivity contribution in [3.63, 3.8) is 0 Å². The summed E-state index contributed by atoms with van der Waals surface area (Å²) in [4.78, 5) is 42.1. The fourth-order valence-corrected chi connectivity index (χ4v) is 6.86. The molecule has 3 aromatic rings. The predicted octanol–water partition coefficient (Wildman–Crippen LogP) is 4.92. The van der Waals surface area contributed by atoms with Gasteiger partial charge in [0.25, 0.3) is 0 Å². The molecule has 4 nitrogen and oxygen atoms in total. The first kappa shape index (κ1) is 19.7. The van der Waals surface area contributed by atoms with Crippen molar-refractivity contribution in [2.24, 2.45) is 11.8 Å². The van der Waals surface area contributed by atoms with Crippen molar-refractivity contribution in [1.29, 1.82) is 0 Å². The third kappa shape index (κ3) is 2.03. The van der Waals surface area contributed by atoms with Gasteiger partial charge < -0.3 is 4.79 Å². The average Bonchev–Trinajstić information content (AvgIpc) is 3.07. The van der Waals surface area contributed by atoms with Crippen molar-refractivity contribution < 1.29 is 14.4 Å². The van der Waals surface area contributed by atoms with E-state index in [4.69, 9.17) is 23.2 Å². The van der Waals surface area contributed by atoms with Gasteiger partial charge in [0.2, 0.25) is 11.8 Å². The average molecular weight is 462 g/mol. The molecule has 3 aliphatic carbocycles. The van der Waals surface area contributed by atoms with Gasteiger partial charge in [-0.3, -0.25) is 9.59 Å². The molecule has 158 valence electrons. The smallest absolute Gasteiger partial charge is 0.239 e. The number of anilines is 1. The largest absolute Gasteiger partial charge is 0.302 e. The van der Waals surface area contributed by atoms with Crippen LogP contribution in [0.2, 0.25) is 10.0 Å². The van der Waals surface area contributed by atoms with Crippen LogP contribution in [0.1, 0.15) is 29.2 Å². The molecule has 0 saturated carbocycles. The van der Waals surface area contributed by atoms with Crippen LogP contribution in [-0.4, -0.2) is 18.1 Å². The van der Waals surface area contributed by atoms with Crippen molar-refractivity contribution in [3.05, 3.63) is 99.0 Å². The molecule has 1 heterocycles. The Bertz CT molecular complexity index is 1320. The van der Waals surface area contributed by atoms with Crippen molar-refractivity contribution in [2.45, 2.75) is 17.8 Å². The number of rotatable bonds is 2. The fraction of sp³-hybridized carbons (Fsp3) is 0.192. The lowest BCUT2D eigenvalue weighted by atomic mass is 9.42. The molecule has 1 aliphatic heterocycles. The third-order valence-corrected chi connectivity index (χ3v) is 8.16. The minimum absolute atomic E-state index is 0.213. The number of imide groups is 1. The monoisotopic (exact) mass is 461 g/mol. The molecule has 1 saturated heterocycles. The predicted molar refractivity (Wildman–Crippen MR) is 122 cm³/mol. The quantitative estimate of drug-likeness (QED) is 0.402. The maximum atomic E-state index is 14.0. The highest BCUT2D eigenvalue weighted by Crippen LogP contribution is 2.66. The maximum absolute atomic E-state index is 14.0. The topological polar surface area (TPSA) is 54.5 Å². The van der Waals surface area contributed by atoms with Crippen LogP contribution in [-0.2, 0) is 25.2 Å². The summed E-state index contributed by atoms with van der Waals surface area (Å²) in [6, 6.07) is 20.0. The minimum Gasteiger partial charge on any atom is -0.302 e. The molecule has 4 aliphatic rings. The molecule has 0 unspecified atom stereocenters. The molecule has 0 aromatic heterocycles. The third-order valence-electron chi connectivity index (χ3n) is 7.62. The van der Waals surface area contributed by atoms with Crippen LogP contribution >= 0.6 is 23.2 Å². The number of halogens is 2. The van der Waals surface area contributed by atoms with Crippen molar-refractivity contribution >= 4 is 47.0 Å². The minimum atomic E-state index is -1.24. The Balaban J connectivity index is 1.69. The van der Waals surface area contributed by atoms with Crippen LogP contribution in [0.3, 0.4) is 0 Å². The van der Waals surface area contributed by atoms with E-state index in [2.05, 4.69) is 0 Å². The van der Waals surface area contributed by atoms with E-state index >= 15 is 0 Å². The Hall–Kier alpha value is -2.95. The molecule has 0 N–H and O–H groups in total. The number of amides is 2. The molecular formula is C26H17Cl2NO3. The van der Waals surface area contributed by atoms with Gasteiger partial charge in [-0.2, -0.15) is 0 Å². The molecular weight excluding hydrogens is 445 g/mol. The van der Waals surface area contributed by atoms with Crippen LogP contribution in [0.25, 0.3) is 0 Å². The van der Waals surface area contributed by atoms with E-state index in [-0.39, 0.29) is 16.6 Å². The number of hydrogen-bond acceptors (Lipinski definition) is 3. The molecule has 2 atom stereocenters. The Labute approximate surface area is 194 Å². The lowest BCUT2D eigenvalue weighted by molar-refractivity contribution is -0.129. The number of carbonyl (C=O) groups is 3. The summed E-state index contributed by atoms with van der Waals surface area (Å²) in [6.45, 7) is 2.01. The number of aldehydes is 1. The van der Waals surface area contributed by atoms with Gasteiger partial charge in [-0.05, 0) is 40.5 Å². The summed E-state index contributed by atoms with van der Waals surface area (Å²) in [5.41, 5.74) is 1.70. The van der Waals surface area contributed by atoms with Crippen LogP contribution in [0.5, 0.6) is 0 Å². The first-order chi connectivity index (χ1) is 15.4. The van der Waals surface area contributed by atoms with Gasteiger partial charge in [-0.25, -0.2) is 4.90 Å². The summed E-state index contributed by atoms with van der Waals surface area (Å²) in [5.74, 6) is -2.33. The van der Waals surface area contributed by atoms with E-state index < -0.39 is 28.6 Å². The van der Waals surface area contributed by atoms with Crippen molar-refractivity contribution in [3.8, 4) is 0 Å². The highest BCUT2D eigenvalue weighted by Gasteiger charge is 2.72. The van der Waals surface area contributed by atoms with Gasteiger partial charge in [-0.1, -0.05) is 78.7 Å². The lowest BCUT2D eigenvalue weighted by Gasteiger charge is -2.56. The van der Waals surface area contributed by atoms with E-state index in [1.54, 1.807) is 12.1 Å². The first-order valence-electron chi connectivity index (χ1n) is 10.4. The molecule has 2 amide bonds. The fourth-order valence-electron chi connectivity index (χ4n) is 6.36. The first-order valence-corrected chi connectivity index (χ1v) is 11.1.